The molecular weight excluding hydrogens is 234 g/mol. The Labute approximate surface area is 107 Å². The van der Waals surface area contributed by atoms with E-state index >= 15 is 0 Å². The third-order valence-electron chi connectivity index (χ3n) is 4.12. The lowest BCUT2D eigenvalue weighted by molar-refractivity contribution is 0.469. The Morgan fingerprint density at radius 3 is 2.41 bits per heavy atom. The predicted octanol–water partition coefficient (Wildman–Crippen LogP) is 2.83. The molecule has 1 aromatic heterocycles. The van der Waals surface area contributed by atoms with E-state index < -0.39 is 0 Å². The van der Waals surface area contributed by atoms with Gasteiger partial charge in [0.25, 0.3) is 0 Å². The number of piperidine rings is 1. The number of aromatic nitrogens is 2. The van der Waals surface area contributed by atoms with E-state index in [1.54, 1.807) is 0 Å². The molecule has 92 valence electrons. The number of aryl methyl sites for hydroxylation is 2. The van der Waals surface area contributed by atoms with Gasteiger partial charge in [-0.15, -0.1) is 11.6 Å². The number of alkyl halides is 1. The first-order valence-corrected chi connectivity index (χ1v) is 6.81. The van der Waals surface area contributed by atoms with Crippen molar-refractivity contribution in [2.45, 2.75) is 57.0 Å². The van der Waals surface area contributed by atoms with E-state index in [-0.39, 0.29) is 0 Å². The van der Waals surface area contributed by atoms with Crippen molar-refractivity contribution in [2.75, 3.05) is 4.90 Å². The van der Waals surface area contributed by atoms with E-state index in [9.17, 15) is 0 Å². The van der Waals surface area contributed by atoms with Crippen molar-refractivity contribution < 1.29 is 0 Å². The fourth-order valence-electron chi connectivity index (χ4n) is 3.14. The summed E-state index contributed by atoms with van der Waals surface area (Å²) in [5.41, 5.74) is 2.06. The quantitative estimate of drug-likeness (QED) is 0.719. The van der Waals surface area contributed by atoms with Gasteiger partial charge in [-0.1, -0.05) is 0 Å². The van der Waals surface area contributed by atoms with Crippen LogP contribution in [0, 0.1) is 13.8 Å². The van der Waals surface area contributed by atoms with Crippen molar-refractivity contribution in [2.24, 2.45) is 0 Å². The number of fused-ring (bicyclic) bond motifs is 2. The second kappa shape index (κ2) is 4.13. The molecule has 3 heterocycles. The van der Waals surface area contributed by atoms with Gasteiger partial charge in [0.2, 0.25) is 0 Å². The summed E-state index contributed by atoms with van der Waals surface area (Å²) in [4.78, 5) is 11.6. The molecule has 0 amide bonds. The minimum Gasteiger partial charge on any atom is -0.349 e. The molecule has 2 aliphatic heterocycles. The van der Waals surface area contributed by atoms with Crippen molar-refractivity contribution in [1.82, 2.24) is 9.97 Å². The molecule has 2 atom stereocenters. The van der Waals surface area contributed by atoms with E-state index in [1.165, 1.54) is 12.8 Å². The maximum Gasteiger partial charge on any atom is 0.147 e. The second-order valence-corrected chi connectivity index (χ2v) is 5.88. The van der Waals surface area contributed by atoms with E-state index in [4.69, 9.17) is 11.6 Å². The van der Waals surface area contributed by atoms with Crippen LogP contribution in [0.3, 0.4) is 0 Å². The Bertz CT molecular complexity index is 421. The molecule has 0 N–H and O–H groups in total. The third kappa shape index (κ3) is 1.90. The molecule has 0 spiro atoms. The van der Waals surface area contributed by atoms with Gasteiger partial charge in [-0.2, -0.15) is 0 Å². The summed E-state index contributed by atoms with van der Waals surface area (Å²) in [6.45, 7) is 4.04. The normalized spacial score (nSPS) is 31.9. The van der Waals surface area contributed by atoms with Crippen LogP contribution >= 0.6 is 11.6 Å². The molecule has 2 unspecified atom stereocenters. The van der Waals surface area contributed by atoms with Crippen LogP contribution in [-0.4, -0.2) is 27.4 Å². The van der Waals surface area contributed by atoms with E-state index in [0.29, 0.717) is 17.5 Å². The van der Waals surface area contributed by atoms with Gasteiger partial charge in [0.1, 0.15) is 5.82 Å². The SMILES string of the molecule is Cc1ncc(N2C3CCC2CC(Cl)C3)nc1C. The minimum absolute atomic E-state index is 0.350. The summed E-state index contributed by atoms with van der Waals surface area (Å²) < 4.78 is 0. The average Bonchev–Trinajstić information content (AvgIpc) is 2.55. The summed E-state index contributed by atoms with van der Waals surface area (Å²) in [6, 6.07) is 1.15. The van der Waals surface area contributed by atoms with Gasteiger partial charge in [0, 0.05) is 17.5 Å². The Hall–Kier alpha value is -0.830. The Morgan fingerprint density at radius 2 is 1.82 bits per heavy atom. The van der Waals surface area contributed by atoms with Gasteiger partial charge in [-0.05, 0) is 39.5 Å². The number of halogens is 1. The first-order chi connectivity index (χ1) is 8.15. The summed E-state index contributed by atoms with van der Waals surface area (Å²) in [6.07, 6.45) is 6.60. The van der Waals surface area contributed by atoms with E-state index in [0.717, 1.165) is 30.0 Å². The van der Waals surface area contributed by atoms with Crippen molar-refractivity contribution >= 4 is 17.4 Å². The lowest BCUT2D eigenvalue weighted by Gasteiger charge is -2.37. The van der Waals surface area contributed by atoms with Crippen LogP contribution in [0.1, 0.15) is 37.1 Å². The first kappa shape index (κ1) is 11.3. The molecule has 3 rings (SSSR count). The molecular formula is C13H18ClN3. The van der Waals surface area contributed by atoms with Crippen LogP contribution < -0.4 is 4.90 Å². The molecule has 2 saturated heterocycles. The smallest absolute Gasteiger partial charge is 0.147 e. The number of nitrogens with zero attached hydrogens (tertiary/aromatic N) is 3. The molecule has 0 saturated carbocycles. The molecule has 3 nitrogen and oxygen atoms in total. The minimum atomic E-state index is 0.350. The van der Waals surface area contributed by atoms with Crippen molar-refractivity contribution in [3.05, 3.63) is 17.6 Å². The average molecular weight is 252 g/mol. The fourth-order valence-corrected chi connectivity index (χ4v) is 3.55. The number of rotatable bonds is 1. The van der Waals surface area contributed by atoms with Crippen molar-refractivity contribution in [1.29, 1.82) is 0 Å². The predicted molar refractivity (Wildman–Crippen MR) is 69.7 cm³/mol. The molecule has 4 heteroatoms. The Kier molecular flexibility index (Phi) is 2.74. The first-order valence-electron chi connectivity index (χ1n) is 6.38. The van der Waals surface area contributed by atoms with E-state index in [2.05, 4.69) is 14.9 Å². The maximum atomic E-state index is 6.29. The summed E-state index contributed by atoms with van der Waals surface area (Å²) in [5, 5.41) is 0.350. The van der Waals surface area contributed by atoms with Crippen LogP contribution in [0.4, 0.5) is 5.82 Å². The highest BCUT2D eigenvalue weighted by atomic mass is 35.5. The zero-order valence-corrected chi connectivity index (χ0v) is 11.1. The Balaban J connectivity index is 1.92. The zero-order valence-electron chi connectivity index (χ0n) is 10.4. The van der Waals surface area contributed by atoms with Crippen LogP contribution in [0.25, 0.3) is 0 Å². The van der Waals surface area contributed by atoms with Crippen LogP contribution in [0.15, 0.2) is 6.20 Å². The highest BCUT2D eigenvalue weighted by Gasteiger charge is 2.40. The standard InChI is InChI=1S/C13H18ClN3/c1-8-9(2)16-13(7-15-8)17-11-3-4-12(17)6-10(14)5-11/h7,10-12H,3-6H2,1-2H3. The molecule has 0 aliphatic carbocycles. The molecule has 2 bridgehead atoms. The summed E-state index contributed by atoms with van der Waals surface area (Å²) in [7, 11) is 0. The van der Waals surface area contributed by atoms with E-state index in [1.807, 2.05) is 20.0 Å². The van der Waals surface area contributed by atoms with Crippen molar-refractivity contribution in [3.63, 3.8) is 0 Å². The molecule has 1 aromatic rings. The topological polar surface area (TPSA) is 29.0 Å². The van der Waals surface area contributed by atoms with Gasteiger partial charge in [0.15, 0.2) is 0 Å². The maximum absolute atomic E-state index is 6.29. The second-order valence-electron chi connectivity index (χ2n) is 5.26. The van der Waals surface area contributed by atoms with Crippen LogP contribution in [-0.2, 0) is 0 Å². The number of hydrogen-bond donors (Lipinski definition) is 0. The highest BCUT2D eigenvalue weighted by Crippen LogP contribution is 2.40. The van der Waals surface area contributed by atoms with Gasteiger partial charge in [-0.25, -0.2) is 4.98 Å². The van der Waals surface area contributed by atoms with Gasteiger partial charge in [0.05, 0.1) is 17.6 Å². The van der Waals surface area contributed by atoms with Gasteiger partial charge >= 0.3 is 0 Å². The fraction of sp³-hybridized carbons (Fsp3) is 0.692. The number of hydrogen-bond acceptors (Lipinski definition) is 3. The summed E-state index contributed by atoms with van der Waals surface area (Å²) in [5.74, 6) is 1.05. The van der Waals surface area contributed by atoms with Gasteiger partial charge in [-0.3, -0.25) is 4.98 Å². The van der Waals surface area contributed by atoms with Crippen molar-refractivity contribution in [3.8, 4) is 0 Å². The monoisotopic (exact) mass is 251 g/mol. The lowest BCUT2D eigenvalue weighted by atomic mass is 10.0. The molecule has 0 aromatic carbocycles. The number of anilines is 1. The molecule has 0 radical (unpaired) electrons. The largest absolute Gasteiger partial charge is 0.349 e. The van der Waals surface area contributed by atoms with Crippen LogP contribution in [0.5, 0.6) is 0 Å². The zero-order chi connectivity index (χ0) is 12.0. The molecule has 17 heavy (non-hydrogen) atoms. The molecule has 2 fully saturated rings. The third-order valence-corrected chi connectivity index (χ3v) is 4.48. The van der Waals surface area contributed by atoms with Gasteiger partial charge < -0.3 is 4.90 Å². The highest BCUT2D eigenvalue weighted by molar-refractivity contribution is 6.20. The molecule has 2 aliphatic rings. The summed E-state index contributed by atoms with van der Waals surface area (Å²) >= 11 is 6.29. The Morgan fingerprint density at radius 1 is 1.18 bits per heavy atom. The van der Waals surface area contributed by atoms with Crippen LogP contribution in [0.2, 0.25) is 0 Å². The lowest BCUT2D eigenvalue weighted by Crippen LogP contribution is -2.44.